The van der Waals surface area contributed by atoms with Gasteiger partial charge in [-0.05, 0) is 76.8 Å². The van der Waals surface area contributed by atoms with Gasteiger partial charge in [0, 0.05) is 17.8 Å². The Morgan fingerprint density at radius 1 is 1.00 bits per heavy atom. The van der Waals surface area contributed by atoms with Gasteiger partial charge >= 0.3 is 6.09 Å². The Kier molecular flexibility index (Phi) is 11.6. The molecule has 0 aromatic heterocycles. The Hall–Kier alpha value is -3.79. The van der Waals surface area contributed by atoms with Crippen LogP contribution in [-0.4, -0.2) is 41.0 Å². The molecule has 0 saturated carbocycles. The molecule has 2 N–H and O–H groups in total. The minimum Gasteiger partial charge on any atom is -0.444 e. The molecule has 0 bridgehead atoms. The van der Waals surface area contributed by atoms with E-state index in [2.05, 4.69) is 23.5 Å². The van der Waals surface area contributed by atoms with Gasteiger partial charge < -0.3 is 20.3 Å². The number of carbonyl (C=O) groups excluding carboxylic acids is 3. The second-order valence-corrected chi connectivity index (χ2v) is 10.9. The molecular weight excluding hydrogens is 490 g/mol. The smallest absolute Gasteiger partial charge is 0.408 e. The fourth-order valence-corrected chi connectivity index (χ4v) is 4.31. The SMILES string of the molecule is C#Cc1ccc(C(C(=O)Nc2c(C)cccc2C)N(CCCCCC)C(=O)C(C)NC(=O)OC(C)(C)C)cc1. The van der Waals surface area contributed by atoms with E-state index in [0.717, 1.165) is 30.4 Å². The number of rotatable bonds is 11. The first kappa shape index (κ1) is 31.4. The van der Waals surface area contributed by atoms with Crippen LogP contribution < -0.4 is 10.6 Å². The van der Waals surface area contributed by atoms with E-state index in [1.165, 1.54) is 0 Å². The largest absolute Gasteiger partial charge is 0.444 e. The van der Waals surface area contributed by atoms with E-state index in [-0.39, 0.29) is 11.8 Å². The van der Waals surface area contributed by atoms with E-state index in [0.29, 0.717) is 29.8 Å². The van der Waals surface area contributed by atoms with Gasteiger partial charge in [-0.15, -0.1) is 6.42 Å². The Labute approximate surface area is 233 Å². The van der Waals surface area contributed by atoms with Crippen molar-refractivity contribution in [1.29, 1.82) is 0 Å². The first-order valence-corrected chi connectivity index (χ1v) is 13.6. The number of amides is 3. The summed E-state index contributed by atoms with van der Waals surface area (Å²) in [5, 5.41) is 5.71. The Bertz CT molecular complexity index is 1160. The lowest BCUT2D eigenvalue weighted by atomic mass is 10.00. The first-order chi connectivity index (χ1) is 18.4. The maximum atomic E-state index is 14.0. The second kappa shape index (κ2) is 14.4. The zero-order chi connectivity index (χ0) is 29.2. The summed E-state index contributed by atoms with van der Waals surface area (Å²) in [5.41, 5.74) is 3.15. The summed E-state index contributed by atoms with van der Waals surface area (Å²) in [6, 6.07) is 11.0. The summed E-state index contributed by atoms with van der Waals surface area (Å²) in [7, 11) is 0. The molecule has 3 amide bonds. The van der Waals surface area contributed by atoms with Crippen LogP contribution in [0.25, 0.3) is 0 Å². The highest BCUT2D eigenvalue weighted by atomic mass is 16.6. The molecule has 0 saturated heterocycles. The van der Waals surface area contributed by atoms with Crippen LogP contribution in [0.5, 0.6) is 0 Å². The van der Waals surface area contributed by atoms with E-state index < -0.39 is 23.8 Å². The molecule has 0 fully saturated rings. The lowest BCUT2D eigenvalue weighted by molar-refractivity contribution is -0.140. The van der Waals surface area contributed by atoms with Gasteiger partial charge in [0.15, 0.2) is 0 Å². The van der Waals surface area contributed by atoms with Crippen LogP contribution in [0.15, 0.2) is 42.5 Å². The van der Waals surface area contributed by atoms with Crippen LogP contribution >= 0.6 is 0 Å². The van der Waals surface area contributed by atoms with E-state index in [1.54, 1.807) is 56.9 Å². The fraction of sp³-hybridized carbons (Fsp3) is 0.469. The molecule has 7 heteroatoms. The number of unbranched alkanes of at least 4 members (excludes halogenated alkanes) is 3. The van der Waals surface area contributed by atoms with Crippen molar-refractivity contribution in [1.82, 2.24) is 10.2 Å². The number of hydrogen-bond acceptors (Lipinski definition) is 4. The summed E-state index contributed by atoms with van der Waals surface area (Å²) in [6.07, 6.45) is 8.55. The molecule has 0 spiro atoms. The number of aryl methyl sites for hydroxylation is 2. The van der Waals surface area contributed by atoms with Gasteiger partial charge in [-0.2, -0.15) is 0 Å². The standard InChI is InChI=1S/C32H43N3O4/c1-9-11-12-13-21-35(30(37)24(5)33-31(38)39-32(6,7)8)28(26-19-17-25(10-2)18-20-26)29(36)34-27-22(3)15-14-16-23(27)4/h2,14-20,24,28H,9,11-13,21H2,1,3-8H3,(H,33,38)(H,34,36). The summed E-state index contributed by atoms with van der Waals surface area (Å²) in [4.78, 5) is 41.9. The third-order valence-electron chi connectivity index (χ3n) is 6.32. The molecule has 0 aliphatic heterocycles. The van der Waals surface area contributed by atoms with Crippen molar-refractivity contribution in [2.75, 3.05) is 11.9 Å². The topological polar surface area (TPSA) is 87.7 Å². The number of nitrogens with zero attached hydrogens (tertiary/aromatic N) is 1. The summed E-state index contributed by atoms with van der Waals surface area (Å²) in [5.74, 6) is 1.88. The summed E-state index contributed by atoms with van der Waals surface area (Å²) < 4.78 is 5.36. The van der Waals surface area contributed by atoms with Crippen molar-refractivity contribution in [3.8, 4) is 12.3 Å². The van der Waals surface area contributed by atoms with Crippen molar-refractivity contribution >= 4 is 23.6 Å². The van der Waals surface area contributed by atoms with Gasteiger partial charge in [-0.25, -0.2) is 4.79 Å². The Morgan fingerprint density at radius 2 is 1.62 bits per heavy atom. The monoisotopic (exact) mass is 533 g/mol. The quantitative estimate of drug-likeness (QED) is 0.263. The highest BCUT2D eigenvalue weighted by molar-refractivity contribution is 5.99. The fourth-order valence-electron chi connectivity index (χ4n) is 4.31. The normalized spacial score (nSPS) is 12.6. The zero-order valence-corrected chi connectivity index (χ0v) is 24.4. The predicted octanol–water partition coefficient (Wildman–Crippen LogP) is 6.29. The van der Waals surface area contributed by atoms with Crippen molar-refractivity contribution in [2.24, 2.45) is 0 Å². The van der Waals surface area contributed by atoms with Gasteiger partial charge in [0.2, 0.25) is 5.91 Å². The van der Waals surface area contributed by atoms with Gasteiger partial charge in [0.05, 0.1) is 0 Å². The van der Waals surface area contributed by atoms with E-state index in [1.807, 2.05) is 32.0 Å². The van der Waals surface area contributed by atoms with Crippen LogP contribution in [-0.2, 0) is 14.3 Å². The number of ether oxygens (including phenoxy) is 1. The molecule has 0 aliphatic rings. The number of para-hydroxylation sites is 1. The number of anilines is 1. The minimum atomic E-state index is -0.937. The lowest BCUT2D eigenvalue weighted by Crippen LogP contribution is -2.51. The first-order valence-electron chi connectivity index (χ1n) is 13.6. The lowest BCUT2D eigenvalue weighted by Gasteiger charge is -2.34. The molecule has 0 aliphatic carbocycles. The van der Waals surface area contributed by atoms with Crippen LogP contribution in [0.3, 0.4) is 0 Å². The van der Waals surface area contributed by atoms with Crippen LogP contribution in [0.2, 0.25) is 0 Å². The Morgan fingerprint density at radius 3 is 2.15 bits per heavy atom. The van der Waals surface area contributed by atoms with E-state index >= 15 is 0 Å². The van der Waals surface area contributed by atoms with Gasteiger partial charge in [-0.1, -0.05) is 62.4 Å². The molecule has 210 valence electrons. The maximum Gasteiger partial charge on any atom is 0.408 e. The zero-order valence-electron chi connectivity index (χ0n) is 24.4. The molecule has 2 atom stereocenters. The van der Waals surface area contributed by atoms with Crippen LogP contribution in [0.1, 0.15) is 88.6 Å². The third kappa shape index (κ3) is 9.47. The number of nitrogens with one attached hydrogen (secondary N) is 2. The molecule has 7 nitrogen and oxygen atoms in total. The summed E-state index contributed by atoms with van der Waals surface area (Å²) >= 11 is 0. The van der Waals surface area contributed by atoms with Gasteiger partial charge in [0.1, 0.15) is 17.7 Å². The highest BCUT2D eigenvalue weighted by Crippen LogP contribution is 2.28. The average molecular weight is 534 g/mol. The molecule has 2 unspecified atom stereocenters. The van der Waals surface area contributed by atoms with Crippen molar-refractivity contribution in [3.05, 3.63) is 64.7 Å². The molecule has 2 aromatic carbocycles. The number of carbonyl (C=O) groups is 3. The molecule has 2 rings (SSSR count). The van der Waals surface area contributed by atoms with Gasteiger partial charge in [-0.3, -0.25) is 9.59 Å². The van der Waals surface area contributed by atoms with Crippen molar-refractivity contribution in [3.63, 3.8) is 0 Å². The predicted molar refractivity (Wildman–Crippen MR) is 156 cm³/mol. The maximum absolute atomic E-state index is 14.0. The molecule has 2 aromatic rings. The van der Waals surface area contributed by atoms with Crippen molar-refractivity contribution < 1.29 is 19.1 Å². The number of terminal acetylenes is 1. The molecular formula is C32H43N3O4. The molecule has 39 heavy (non-hydrogen) atoms. The molecule has 0 heterocycles. The third-order valence-corrected chi connectivity index (χ3v) is 6.32. The number of benzene rings is 2. The minimum absolute atomic E-state index is 0.339. The number of alkyl carbamates (subject to hydrolysis) is 1. The Balaban J connectivity index is 2.49. The van der Waals surface area contributed by atoms with Crippen LogP contribution in [0.4, 0.5) is 10.5 Å². The second-order valence-electron chi connectivity index (χ2n) is 10.9. The van der Waals surface area contributed by atoms with E-state index in [9.17, 15) is 14.4 Å². The van der Waals surface area contributed by atoms with Crippen LogP contribution in [0, 0.1) is 26.2 Å². The average Bonchev–Trinajstić information content (AvgIpc) is 2.86. The van der Waals surface area contributed by atoms with Gasteiger partial charge in [0.25, 0.3) is 5.91 Å². The summed E-state index contributed by atoms with van der Waals surface area (Å²) in [6.45, 7) is 13.2. The van der Waals surface area contributed by atoms with Crippen molar-refractivity contribution in [2.45, 2.75) is 91.8 Å². The molecule has 0 radical (unpaired) electrons. The van der Waals surface area contributed by atoms with E-state index in [4.69, 9.17) is 11.2 Å². The number of hydrogen-bond donors (Lipinski definition) is 2. The highest BCUT2D eigenvalue weighted by Gasteiger charge is 2.35.